The molecule has 0 amide bonds. The minimum absolute atomic E-state index is 0.359. The van der Waals surface area contributed by atoms with Gasteiger partial charge in [0.05, 0.1) is 13.2 Å². The van der Waals surface area contributed by atoms with Crippen LogP contribution in [-0.2, 0) is 14.2 Å². The van der Waals surface area contributed by atoms with E-state index in [1.54, 1.807) is 6.92 Å². The second-order valence-corrected chi connectivity index (χ2v) is 2.44. The molecule has 78 valence electrons. The van der Waals surface area contributed by atoms with E-state index in [0.29, 0.717) is 13.2 Å². The van der Waals surface area contributed by atoms with Crippen molar-refractivity contribution >= 4 is 6.16 Å². The van der Waals surface area contributed by atoms with Crippen molar-refractivity contribution < 1.29 is 19.0 Å². The van der Waals surface area contributed by atoms with Crippen molar-refractivity contribution in [1.82, 2.24) is 0 Å². The van der Waals surface area contributed by atoms with Crippen molar-refractivity contribution in [2.24, 2.45) is 0 Å². The average Bonchev–Trinajstić information content (AvgIpc) is 2.11. The van der Waals surface area contributed by atoms with Gasteiger partial charge in [0.2, 0.25) is 0 Å². The maximum absolute atomic E-state index is 10.7. The molecule has 0 heterocycles. The molecule has 0 unspecified atom stereocenters. The van der Waals surface area contributed by atoms with E-state index in [1.807, 2.05) is 6.92 Å². The van der Waals surface area contributed by atoms with Gasteiger partial charge < -0.3 is 14.2 Å². The fraction of sp³-hybridized carbons (Fsp3) is 0.889. The molecule has 0 spiro atoms. The maximum Gasteiger partial charge on any atom is 0.508 e. The molecular formula is C9H18O4. The maximum atomic E-state index is 10.7. The van der Waals surface area contributed by atoms with Crippen LogP contribution >= 0.6 is 0 Å². The smallest absolute Gasteiger partial charge is 0.435 e. The topological polar surface area (TPSA) is 44.8 Å². The summed E-state index contributed by atoms with van der Waals surface area (Å²) in [7, 11) is 0. The highest BCUT2D eigenvalue weighted by Gasteiger charge is 2.00. The summed E-state index contributed by atoms with van der Waals surface area (Å²) in [6.45, 7) is 5.93. The van der Waals surface area contributed by atoms with E-state index in [2.05, 4.69) is 4.74 Å². The lowest BCUT2D eigenvalue weighted by Crippen LogP contribution is -2.08. The van der Waals surface area contributed by atoms with E-state index < -0.39 is 6.16 Å². The van der Waals surface area contributed by atoms with Gasteiger partial charge in [-0.3, -0.25) is 0 Å². The molecule has 0 N–H and O–H groups in total. The fourth-order valence-corrected chi connectivity index (χ4v) is 0.766. The van der Waals surface area contributed by atoms with E-state index in [9.17, 15) is 4.79 Å². The predicted molar refractivity (Wildman–Crippen MR) is 48.7 cm³/mol. The summed E-state index contributed by atoms with van der Waals surface area (Å²) in [5.41, 5.74) is 0. The minimum Gasteiger partial charge on any atom is -0.435 e. The molecule has 0 aromatic carbocycles. The van der Waals surface area contributed by atoms with Gasteiger partial charge in [0.15, 0.2) is 0 Å². The monoisotopic (exact) mass is 190 g/mol. The molecule has 4 heteroatoms. The van der Waals surface area contributed by atoms with Crippen LogP contribution in [-0.4, -0.2) is 32.6 Å². The van der Waals surface area contributed by atoms with Gasteiger partial charge in [-0.2, -0.15) is 0 Å². The number of hydrogen-bond donors (Lipinski definition) is 0. The van der Waals surface area contributed by atoms with E-state index in [0.717, 1.165) is 26.1 Å². The molecule has 0 fully saturated rings. The largest absolute Gasteiger partial charge is 0.508 e. The van der Waals surface area contributed by atoms with Gasteiger partial charge in [-0.1, -0.05) is 0 Å². The van der Waals surface area contributed by atoms with Crippen molar-refractivity contribution in [3.8, 4) is 0 Å². The summed E-state index contributed by atoms with van der Waals surface area (Å²) >= 11 is 0. The van der Waals surface area contributed by atoms with Crippen LogP contribution in [0.1, 0.15) is 26.7 Å². The Labute approximate surface area is 79.2 Å². The average molecular weight is 190 g/mol. The van der Waals surface area contributed by atoms with Crippen molar-refractivity contribution in [3.63, 3.8) is 0 Å². The van der Waals surface area contributed by atoms with Crippen molar-refractivity contribution in [1.29, 1.82) is 0 Å². The molecule has 0 radical (unpaired) electrons. The molecule has 0 atom stereocenters. The molecule has 4 nitrogen and oxygen atoms in total. The van der Waals surface area contributed by atoms with Gasteiger partial charge >= 0.3 is 6.16 Å². The third kappa shape index (κ3) is 9.14. The molecule has 0 aromatic heterocycles. The lowest BCUT2D eigenvalue weighted by Gasteiger charge is -2.04. The summed E-state index contributed by atoms with van der Waals surface area (Å²) in [4.78, 5) is 10.7. The van der Waals surface area contributed by atoms with Crippen LogP contribution in [0.3, 0.4) is 0 Å². The van der Waals surface area contributed by atoms with Gasteiger partial charge in [-0.05, 0) is 26.7 Å². The lowest BCUT2D eigenvalue weighted by molar-refractivity contribution is 0.0552. The van der Waals surface area contributed by atoms with E-state index in [-0.39, 0.29) is 0 Å². The second kappa shape index (κ2) is 9.32. The highest BCUT2D eigenvalue weighted by atomic mass is 16.7. The quantitative estimate of drug-likeness (QED) is 0.455. The van der Waals surface area contributed by atoms with E-state index >= 15 is 0 Å². The predicted octanol–water partition coefficient (Wildman–Crippen LogP) is 1.98. The Morgan fingerprint density at radius 1 is 1.00 bits per heavy atom. The van der Waals surface area contributed by atoms with Gasteiger partial charge in [0, 0.05) is 13.2 Å². The third-order valence-corrected chi connectivity index (χ3v) is 1.37. The number of hydrogen-bond acceptors (Lipinski definition) is 4. The first-order valence-electron chi connectivity index (χ1n) is 4.68. The number of unbranched alkanes of at least 4 members (excludes halogenated alkanes) is 1. The van der Waals surface area contributed by atoms with Crippen molar-refractivity contribution in [2.75, 3.05) is 26.4 Å². The zero-order valence-corrected chi connectivity index (χ0v) is 8.38. The van der Waals surface area contributed by atoms with E-state index in [4.69, 9.17) is 9.47 Å². The van der Waals surface area contributed by atoms with Gasteiger partial charge in [-0.25, -0.2) is 4.79 Å². The van der Waals surface area contributed by atoms with Crippen LogP contribution < -0.4 is 0 Å². The molecule has 13 heavy (non-hydrogen) atoms. The molecule has 0 saturated carbocycles. The Morgan fingerprint density at radius 2 is 1.69 bits per heavy atom. The Balaban J connectivity index is 3.02. The Morgan fingerprint density at radius 3 is 2.31 bits per heavy atom. The number of carbonyl (C=O) groups excluding carboxylic acids is 1. The van der Waals surface area contributed by atoms with Crippen molar-refractivity contribution in [3.05, 3.63) is 0 Å². The summed E-state index contributed by atoms with van der Waals surface area (Å²) < 4.78 is 14.4. The molecular weight excluding hydrogens is 172 g/mol. The molecule has 0 rings (SSSR count). The lowest BCUT2D eigenvalue weighted by atomic mass is 10.3. The molecule has 0 aliphatic rings. The van der Waals surface area contributed by atoms with Gasteiger partial charge in [-0.15, -0.1) is 0 Å². The van der Waals surface area contributed by atoms with Crippen molar-refractivity contribution in [2.45, 2.75) is 26.7 Å². The highest BCUT2D eigenvalue weighted by Crippen LogP contribution is 1.93. The number of rotatable bonds is 7. The standard InChI is InChI=1S/C9H18O4/c1-3-11-7-5-6-8-13-9(10)12-4-2/h3-8H2,1-2H3. The van der Waals surface area contributed by atoms with Gasteiger partial charge in [0.25, 0.3) is 0 Å². The Bertz CT molecular complexity index is 125. The first kappa shape index (κ1) is 12.2. The van der Waals surface area contributed by atoms with Crippen LogP contribution in [0.2, 0.25) is 0 Å². The SMILES string of the molecule is CCOCCCCOC(=O)OCC. The van der Waals surface area contributed by atoms with Gasteiger partial charge in [0.1, 0.15) is 0 Å². The summed E-state index contributed by atoms with van der Waals surface area (Å²) in [5.74, 6) is 0. The molecule has 0 bridgehead atoms. The Kier molecular flexibility index (Phi) is 8.77. The summed E-state index contributed by atoms with van der Waals surface area (Å²) in [5, 5.41) is 0. The normalized spacial score (nSPS) is 9.69. The first-order chi connectivity index (χ1) is 6.31. The fourth-order valence-electron chi connectivity index (χ4n) is 0.766. The molecule has 0 saturated heterocycles. The number of carbonyl (C=O) groups is 1. The Hall–Kier alpha value is -0.770. The van der Waals surface area contributed by atoms with Crippen LogP contribution in [0, 0.1) is 0 Å². The second-order valence-electron chi connectivity index (χ2n) is 2.44. The van der Waals surface area contributed by atoms with E-state index in [1.165, 1.54) is 0 Å². The van der Waals surface area contributed by atoms with Crippen LogP contribution in [0.4, 0.5) is 4.79 Å². The molecule has 0 aliphatic heterocycles. The molecule has 0 aliphatic carbocycles. The summed E-state index contributed by atoms with van der Waals surface area (Å²) in [6.07, 6.45) is 1.14. The number of ether oxygens (including phenoxy) is 3. The third-order valence-electron chi connectivity index (χ3n) is 1.37. The van der Waals surface area contributed by atoms with Crippen LogP contribution in [0.5, 0.6) is 0 Å². The first-order valence-corrected chi connectivity index (χ1v) is 4.68. The zero-order chi connectivity index (χ0) is 9.94. The zero-order valence-electron chi connectivity index (χ0n) is 8.38. The van der Waals surface area contributed by atoms with Crippen LogP contribution in [0.25, 0.3) is 0 Å². The van der Waals surface area contributed by atoms with Crippen LogP contribution in [0.15, 0.2) is 0 Å². The summed E-state index contributed by atoms with van der Waals surface area (Å²) in [6, 6.07) is 0. The highest BCUT2D eigenvalue weighted by molar-refractivity contribution is 5.59. The minimum atomic E-state index is -0.584. The molecule has 0 aromatic rings.